The van der Waals surface area contributed by atoms with Gasteiger partial charge in [0.2, 0.25) is 5.91 Å². The van der Waals surface area contributed by atoms with Crippen LogP contribution in [-0.2, 0) is 11.2 Å². The van der Waals surface area contributed by atoms with Gasteiger partial charge < -0.3 is 10.0 Å². The van der Waals surface area contributed by atoms with Gasteiger partial charge in [-0.3, -0.25) is 4.79 Å². The highest BCUT2D eigenvalue weighted by Gasteiger charge is 2.33. The van der Waals surface area contributed by atoms with Gasteiger partial charge in [0.15, 0.2) is 0 Å². The Morgan fingerprint density at radius 2 is 2.04 bits per heavy atom. The second kappa shape index (κ2) is 7.23. The molecule has 122 valence electrons. The lowest BCUT2D eigenvalue weighted by molar-refractivity contribution is -0.133. The minimum absolute atomic E-state index is 0.0832. The van der Waals surface area contributed by atoms with Crippen LogP contribution in [0.1, 0.15) is 36.5 Å². The van der Waals surface area contributed by atoms with Crippen LogP contribution in [0, 0.1) is 5.82 Å². The molecule has 1 fully saturated rings. The Labute approximate surface area is 139 Å². The number of hydrogen-bond donors (Lipinski definition) is 1. The molecule has 1 unspecified atom stereocenters. The molecule has 1 aromatic heterocycles. The van der Waals surface area contributed by atoms with Crippen molar-refractivity contribution in [2.24, 2.45) is 0 Å². The molecule has 3 rings (SSSR count). The van der Waals surface area contributed by atoms with E-state index in [1.165, 1.54) is 17.7 Å². The number of carbonyl (C=O) groups is 1. The number of halogens is 1. The van der Waals surface area contributed by atoms with Crippen molar-refractivity contribution in [1.29, 1.82) is 0 Å². The molecule has 1 aromatic carbocycles. The van der Waals surface area contributed by atoms with E-state index >= 15 is 0 Å². The van der Waals surface area contributed by atoms with E-state index in [4.69, 9.17) is 0 Å². The Bertz CT molecular complexity index is 638. The highest BCUT2D eigenvalue weighted by atomic mass is 32.1. The highest BCUT2D eigenvalue weighted by Crippen LogP contribution is 2.30. The monoisotopic (exact) mass is 333 g/mol. The summed E-state index contributed by atoms with van der Waals surface area (Å²) in [4.78, 5) is 14.3. The molecule has 0 aliphatic heterocycles. The van der Waals surface area contributed by atoms with E-state index in [1.54, 1.807) is 28.4 Å². The second-order valence-electron chi connectivity index (χ2n) is 5.98. The lowest BCUT2D eigenvalue weighted by Crippen LogP contribution is -2.36. The SMILES string of the molecule is O=C(CCc1ccsc1)N(CC(O)c1ccc(F)cc1)C1CC1. The first-order chi connectivity index (χ1) is 11.1. The number of hydrogen-bond acceptors (Lipinski definition) is 3. The van der Waals surface area contributed by atoms with Crippen molar-refractivity contribution >= 4 is 17.2 Å². The number of aryl methyl sites for hydroxylation is 1. The van der Waals surface area contributed by atoms with E-state index < -0.39 is 6.10 Å². The molecule has 1 N–H and O–H groups in total. The van der Waals surface area contributed by atoms with Crippen LogP contribution < -0.4 is 0 Å². The summed E-state index contributed by atoms with van der Waals surface area (Å²) in [5.74, 6) is -0.244. The smallest absolute Gasteiger partial charge is 0.223 e. The highest BCUT2D eigenvalue weighted by molar-refractivity contribution is 7.07. The molecule has 1 aliphatic rings. The zero-order valence-electron chi connectivity index (χ0n) is 12.8. The predicted molar refractivity (Wildman–Crippen MR) is 88.7 cm³/mol. The van der Waals surface area contributed by atoms with Crippen LogP contribution in [0.3, 0.4) is 0 Å². The summed E-state index contributed by atoms with van der Waals surface area (Å²) in [5, 5.41) is 14.4. The van der Waals surface area contributed by atoms with E-state index in [-0.39, 0.29) is 24.3 Å². The molecule has 1 atom stereocenters. The summed E-state index contributed by atoms with van der Waals surface area (Å²) in [6.07, 6.45) is 2.42. The number of aliphatic hydroxyl groups is 1. The van der Waals surface area contributed by atoms with E-state index in [9.17, 15) is 14.3 Å². The second-order valence-corrected chi connectivity index (χ2v) is 6.76. The summed E-state index contributed by atoms with van der Waals surface area (Å²) < 4.78 is 13.0. The van der Waals surface area contributed by atoms with Crippen molar-refractivity contribution in [2.75, 3.05) is 6.54 Å². The van der Waals surface area contributed by atoms with Crippen molar-refractivity contribution in [3.63, 3.8) is 0 Å². The standard InChI is InChI=1S/C18H20FNO2S/c19-15-4-2-14(3-5-15)17(21)11-20(16-6-7-16)18(22)8-1-13-9-10-23-12-13/h2-5,9-10,12,16-17,21H,1,6-8,11H2. The summed E-state index contributed by atoms with van der Waals surface area (Å²) in [6.45, 7) is 0.277. The number of aliphatic hydroxyl groups excluding tert-OH is 1. The maximum Gasteiger partial charge on any atom is 0.223 e. The Hall–Kier alpha value is -1.72. The summed E-state index contributed by atoms with van der Waals surface area (Å²) in [5.41, 5.74) is 1.82. The Morgan fingerprint density at radius 1 is 1.30 bits per heavy atom. The molecule has 1 amide bonds. The van der Waals surface area contributed by atoms with Crippen LogP contribution in [0.4, 0.5) is 4.39 Å². The van der Waals surface area contributed by atoms with Crippen LogP contribution >= 0.6 is 11.3 Å². The van der Waals surface area contributed by atoms with Gasteiger partial charge in [0.05, 0.1) is 12.6 Å². The van der Waals surface area contributed by atoms with Crippen molar-refractivity contribution in [1.82, 2.24) is 4.90 Å². The molecule has 0 spiro atoms. The minimum Gasteiger partial charge on any atom is -0.387 e. The fraction of sp³-hybridized carbons (Fsp3) is 0.389. The molecule has 1 saturated carbocycles. The number of amides is 1. The molecular weight excluding hydrogens is 313 g/mol. The van der Waals surface area contributed by atoms with Gasteiger partial charge in [-0.25, -0.2) is 4.39 Å². The Kier molecular flexibility index (Phi) is 5.08. The van der Waals surface area contributed by atoms with Gasteiger partial charge in [-0.2, -0.15) is 11.3 Å². The fourth-order valence-corrected chi connectivity index (χ4v) is 3.35. The largest absolute Gasteiger partial charge is 0.387 e. The summed E-state index contributed by atoms with van der Waals surface area (Å²) >= 11 is 1.63. The van der Waals surface area contributed by atoms with Crippen molar-refractivity contribution < 1.29 is 14.3 Å². The third-order valence-electron chi connectivity index (χ3n) is 4.14. The van der Waals surface area contributed by atoms with Gasteiger partial charge in [-0.15, -0.1) is 0 Å². The van der Waals surface area contributed by atoms with E-state index in [0.29, 0.717) is 12.0 Å². The van der Waals surface area contributed by atoms with Crippen LogP contribution in [-0.4, -0.2) is 28.5 Å². The normalized spacial score (nSPS) is 15.4. The molecule has 0 bridgehead atoms. The molecular formula is C18H20FNO2S. The van der Waals surface area contributed by atoms with Gasteiger partial charge in [0.25, 0.3) is 0 Å². The number of carbonyl (C=O) groups excluding carboxylic acids is 1. The predicted octanol–water partition coefficient (Wildman–Crippen LogP) is 3.54. The van der Waals surface area contributed by atoms with Crippen LogP contribution in [0.2, 0.25) is 0 Å². The zero-order chi connectivity index (χ0) is 16.2. The Morgan fingerprint density at radius 3 is 2.65 bits per heavy atom. The van der Waals surface area contributed by atoms with E-state index in [2.05, 4.69) is 5.38 Å². The molecule has 0 radical (unpaired) electrons. The van der Waals surface area contributed by atoms with Crippen molar-refractivity contribution in [2.45, 2.75) is 37.8 Å². The van der Waals surface area contributed by atoms with Gasteiger partial charge in [-0.05, 0) is 59.3 Å². The van der Waals surface area contributed by atoms with Gasteiger partial charge in [0, 0.05) is 12.5 Å². The van der Waals surface area contributed by atoms with Gasteiger partial charge >= 0.3 is 0 Å². The topological polar surface area (TPSA) is 40.5 Å². The quantitative estimate of drug-likeness (QED) is 0.842. The maximum atomic E-state index is 13.0. The van der Waals surface area contributed by atoms with Crippen LogP contribution in [0.5, 0.6) is 0 Å². The lowest BCUT2D eigenvalue weighted by atomic mass is 10.1. The third kappa shape index (κ3) is 4.39. The van der Waals surface area contributed by atoms with Crippen molar-refractivity contribution in [3.8, 4) is 0 Å². The van der Waals surface area contributed by atoms with E-state index in [0.717, 1.165) is 19.3 Å². The van der Waals surface area contributed by atoms with E-state index in [1.807, 2.05) is 11.4 Å². The summed E-state index contributed by atoms with van der Waals surface area (Å²) in [6, 6.07) is 8.09. The molecule has 2 aromatic rings. The van der Waals surface area contributed by atoms with Crippen molar-refractivity contribution in [3.05, 3.63) is 58.0 Å². The Balaban J connectivity index is 1.59. The lowest BCUT2D eigenvalue weighted by Gasteiger charge is -2.25. The zero-order valence-corrected chi connectivity index (χ0v) is 13.6. The molecule has 0 saturated heterocycles. The number of benzene rings is 1. The fourth-order valence-electron chi connectivity index (χ4n) is 2.65. The first-order valence-corrected chi connectivity index (χ1v) is 8.82. The first-order valence-electron chi connectivity index (χ1n) is 7.87. The molecule has 1 heterocycles. The molecule has 23 heavy (non-hydrogen) atoms. The van der Waals surface area contributed by atoms with Crippen LogP contribution in [0.25, 0.3) is 0 Å². The number of rotatable bonds is 7. The molecule has 3 nitrogen and oxygen atoms in total. The first kappa shape index (κ1) is 16.1. The molecule has 1 aliphatic carbocycles. The summed E-state index contributed by atoms with van der Waals surface area (Å²) in [7, 11) is 0. The number of nitrogens with zero attached hydrogens (tertiary/aromatic N) is 1. The minimum atomic E-state index is -0.777. The van der Waals surface area contributed by atoms with Crippen LogP contribution in [0.15, 0.2) is 41.1 Å². The van der Waals surface area contributed by atoms with Gasteiger partial charge in [-0.1, -0.05) is 12.1 Å². The van der Waals surface area contributed by atoms with Gasteiger partial charge in [0.1, 0.15) is 5.82 Å². The third-order valence-corrected chi connectivity index (χ3v) is 4.87. The average Bonchev–Trinajstić information content (AvgIpc) is 3.26. The number of thiophene rings is 1. The maximum absolute atomic E-state index is 13.0. The molecule has 5 heteroatoms. The average molecular weight is 333 g/mol.